The van der Waals surface area contributed by atoms with Crippen LogP contribution in [0.3, 0.4) is 0 Å². The minimum atomic E-state index is -0.310. The lowest BCUT2D eigenvalue weighted by molar-refractivity contribution is 0.439. The van der Waals surface area contributed by atoms with Gasteiger partial charge in [-0.15, -0.1) is 12.4 Å². The van der Waals surface area contributed by atoms with Crippen LogP contribution in [0.2, 0.25) is 0 Å². The Morgan fingerprint density at radius 1 is 1.15 bits per heavy atom. The maximum atomic E-state index is 13.5. The summed E-state index contributed by atoms with van der Waals surface area (Å²) in [5.41, 5.74) is 1.34. The molecule has 0 bridgehead atoms. The van der Waals surface area contributed by atoms with Crippen molar-refractivity contribution in [1.29, 1.82) is 0 Å². The van der Waals surface area contributed by atoms with Gasteiger partial charge in [0.05, 0.1) is 12.2 Å². The van der Waals surface area contributed by atoms with Gasteiger partial charge in [-0.1, -0.05) is 30.3 Å². The first-order chi connectivity index (χ1) is 12.7. The number of aromatic nitrogens is 3. The highest BCUT2D eigenvalue weighted by atomic mass is 35.5. The van der Waals surface area contributed by atoms with Crippen molar-refractivity contribution in [2.24, 2.45) is 0 Å². The first-order valence-corrected chi connectivity index (χ1v) is 8.93. The number of hydrogen-bond acceptors (Lipinski definition) is 3. The van der Waals surface area contributed by atoms with Crippen molar-refractivity contribution >= 4 is 12.4 Å². The van der Waals surface area contributed by atoms with Crippen LogP contribution in [0.5, 0.6) is 0 Å². The van der Waals surface area contributed by atoms with Crippen LogP contribution in [0.1, 0.15) is 30.1 Å². The summed E-state index contributed by atoms with van der Waals surface area (Å²) in [7, 11) is 0. The van der Waals surface area contributed by atoms with E-state index in [9.17, 15) is 9.18 Å². The smallest absolute Gasteiger partial charge is 0.316 e. The minimum absolute atomic E-state index is 0. The summed E-state index contributed by atoms with van der Waals surface area (Å²) in [5.74, 6) is 0.643. The molecule has 0 saturated carbocycles. The summed E-state index contributed by atoms with van der Waals surface area (Å²) in [6, 6.07) is 15.9. The first-order valence-electron chi connectivity index (χ1n) is 8.93. The van der Waals surface area contributed by atoms with E-state index in [1.807, 2.05) is 30.3 Å². The quantitative estimate of drug-likeness (QED) is 0.747. The normalized spacial score (nSPS) is 16.7. The Bertz CT molecular complexity index is 948. The van der Waals surface area contributed by atoms with Crippen LogP contribution in [-0.4, -0.2) is 27.4 Å². The molecule has 0 amide bonds. The highest BCUT2D eigenvalue weighted by molar-refractivity contribution is 5.85. The SMILES string of the molecule is Cl.O=c1n(Cc2cccc(F)c2)nc(C2CCCNC2)n1-c1ccccc1. The molecule has 27 heavy (non-hydrogen) atoms. The summed E-state index contributed by atoms with van der Waals surface area (Å²) in [6.07, 6.45) is 2.06. The number of halogens is 2. The zero-order valence-electron chi connectivity index (χ0n) is 14.8. The molecule has 1 atom stereocenters. The largest absolute Gasteiger partial charge is 0.350 e. The molecule has 2 heterocycles. The first kappa shape index (κ1) is 19.3. The number of para-hydroxylation sites is 1. The van der Waals surface area contributed by atoms with Crippen LogP contribution < -0.4 is 11.0 Å². The lowest BCUT2D eigenvalue weighted by atomic mass is 9.99. The highest BCUT2D eigenvalue weighted by Crippen LogP contribution is 2.23. The van der Waals surface area contributed by atoms with E-state index in [1.165, 1.54) is 16.8 Å². The molecule has 1 fully saturated rings. The maximum Gasteiger partial charge on any atom is 0.350 e. The van der Waals surface area contributed by atoms with Gasteiger partial charge in [0.1, 0.15) is 11.6 Å². The van der Waals surface area contributed by atoms with E-state index >= 15 is 0 Å². The number of nitrogens with one attached hydrogen (secondary N) is 1. The number of benzene rings is 2. The third kappa shape index (κ3) is 4.12. The van der Waals surface area contributed by atoms with Gasteiger partial charge >= 0.3 is 5.69 Å². The molecule has 3 aromatic rings. The molecule has 1 aromatic heterocycles. The Labute approximate surface area is 163 Å². The fourth-order valence-electron chi connectivity index (χ4n) is 3.49. The van der Waals surface area contributed by atoms with Crippen LogP contribution in [0, 0.1) is 5.82 Å². The molecule has 0 spiro atoms. The molecule has 1 unspecified atom stereocenters. The summed E-state index contributed by atoms with van der Waals surface area (Å²) in [4.78, 5) is 13.1. The zero-order chi connectivity index (χ0) is 17.9. The second kappa shape index (κ2) is 8.50. The Morgan fingerprint density at radius 3 is 2.67 bits per heavy atom. The fraction of sp³-hybridized carbons (Fsp3) is 0.300. The highest BCUT2D eigenvalue weighted by Gasteiger charge is 2.24. The van der Waals surface area contributed by atoms with Gasteiger partial charge < -0.3 is 5.32 Å². The standard InChI is InChI=1S/C20H21FN4O.ClH/c21-17-8-4-6-15(12-17)14-24-20(26)25(18-9-2-1-3-10-18)19(23-24)16-7-5-11-22-13-16;/h1-4,6,8-10,12,16,22H,5,7,11,13-14H2;1H. The van der Waals surface area contributed by atoms with Crippen molar-refractivity contribution in [2.75, 3.05) is 13.1 Å². The lowest BCUT2D eigenvalue weighted by Crippen LogP contribution is -2.31. The molecule has 1 aliphatic heterocycles. The second-order valence-corrected chi connectivity index (χ2v) is 6.64. The molecule has 7 heteroatoms. The summed E-state index contributed by atoms with van der Waals surface area (Å²) in [6.45, 7) is 2.06. The van der Waals surface area contributed by atoms with Crippen LogP contribution >= 0.6 is 12.4 Å². The molecule has 142 valence electrons. The number of rotatable bonds is 4. The molecular formula is C20H22ClFN4O. The van der Waals surface area contributed by atoms with E-state index in [2.05, 4.69) is 10.4 Å². The van der Waals surface area contributed by atoms with Crippen molar-refractivity contribution in [3.63, 3.8) is 0 Å². The predicted octanol–water partition coefficient (Wildman–Crippen LogP) is 3.11. The molecular weight excluding hydrogens is 367 g/mol. The van der Waals surface area contributed by atoms with Crippen molar-refractivity contribution in [1.82, 2.24) is 19.7 Å². The summed E-state index contributed by atoms with van der Waals surface area (Å²) < 4.78 is 16.6. The second-order valence-electron chi connectivity index (χ2n) is 6.64. The van der Waals surface area contributed by atoms with Crippen LogP contribution in [0.25, 0.3) is 5.69 Å². The maximum absolute atomic E-state index is 13.5. The van der Waals surface area contributed by atoms with Crippen LogP contribution in [0.4, 0.5) is 4.39 Å². The predicted molar refractivity (Wildman–Crippen MR) is 105 cm³/mol. The number of hydrogen-bond donors (Lipinski definition) is 1. The average molecular weight is 389 g/mol. The number of piperidine rings is 1. The van der Waals surface area contributed by atoms with Gasteiger partial charge in [0.15, 0.2) is 0 Å². The molecule has 1 saturated heterocycles. The topological polar surface area (TPSA) is 51.9 Å². The van der Waals surface area contributed by atoms with E-state index in [-0.39, 0.29) is 36.4 Å². The molecule has 0 radical (unpaired) electrons. The monoisotopic (exact) mass is 388 g/mol. The Kier molecular flexibility index (Phi) is 6.08. The van der Waals surface area contributed by atoms with Crippen molar-refractivity contribution in [3.05, 3.63) is 82.3 Å². The number of nitrogens with zero attached hydrogens (tertiary/aromatic N) is 3. The molecule has 1 N–H and O–H groups in total. The van der Waals surface area contributed by atoms with E-state index in [0.717, 1.165) is 43.0 Å². The van der Waals surface area contributed by atoms with Crippen LogP contribution in [-0.2, 0) is 6.54 Å². The Hall–Kier alpha value is -2.44. The van der Waals surface area contributed by atoms with Crippen LogP contribution in [0.15, 0.2) is 59.4 Å². The molecule has 4 rings (SSSR count). The summed E-state index contributed by atoms with van der Waals surface area (Å²) >= 11 is 0. The Morgan fingerprint density at radius 2 is 1.96 bits per heavy atom. The van der Waals surface area contributed by atoms with Crippen molar-refractivity contribution < 1.29 is 4.39 Å². The third-order valence-corrected chi connectivity index (χ3v) is 4.76. The average Bonchev–Trinajstić information content (AvgIpc) is 2.99. The third-order valence-electron chi connectivity index (χ3n) is 4.76. The van der Waals surface area contributed by atoms with Gasteiger partial charge in [-0.3, -0.25) is 0 Å². The van der Waals surface area contributed by atoms with E-state index in [4.69, 9.17) is 0 Å². The Balaban J connectivity index is 0.00000210. The van der Waals surface area contributed by atoms with E-state index in [1.54, 1.807) is 16.7 Å². The minimum Gasteiger partial charge on any atom is -0.316 e. The summed E-state index contributed by atoms with van der Waals surface area (Å²) in [5, 5.41) is 8.02. The molecule has 2 aromatic carbocycles. The van der Waals surface area contributed by atoms with Gasteiger partial charge in [0, 0.05) is 12.5 Å². The van der Waals surface area contributed by atoms with E-state index in [0.29, 0.717) is 0 Å². The molecule has 0 aliphatic carbocycles. The molecule has 5 nitrogen and oxygen atoms in total. The molecule has 1 aliphatic rings. The lowest BCUT2D eigenvalue weighted by Gasteiger charge is -2.22. The van der Waals surface area contributed by atoms with Gasteiger partial charge in [-0.25, -0.2) is 18.4 Å². The van der Waals surface area contributed by atoms with Crippen molar-refractivity contribution in [2.45, 2.75) is 25.3 Å². The van der Waals surface area contributed by atoms with Gasteiger partial charge in [-0.2, -0.15) is 5.10 Å². The van der Waals surface area contributed by atoms with Crippen molar-refractivity contribution in [3.8, 4) is 5.69 Å². The van der Waals surface area contributed by atoms with E-state index < -0.39 is 0 Å². The zero-order valence-corrected chi connectivity index (χ0v) is 15.7. The van der Waals surface area contributed by atoms with Gasteiger partial charge in [-0.05, 0) is 49.2 Å². The fourth-order valence-corrected chi connectivity index (χ4v) is 3.49. The van der Waals surface area contributed by atoms with Gasteiger partial charge in [0.2, 0.25) is 0 Å². The van der Waals surface area contributed by atoms with Gasteiger partial charge in [0.25, 0.3) is 0 Å².